The van der Waals surface area contributed by atoms with Gasteiger partial charge in [0.25, 0.3) is 0 Å². The first-order valence-corrected chi connectivity index (χ1v) is 8.68. The van der Waals surface area contributed by atoms with Gasteiger partial charge in [-0.2, -0.15) is 0 Å². The van der Waals surface area contributed by atoms with Crippen molar-refractivity contribution in [2.24, 2.45) is 17.8 Å². The van der Waals surface area contributed by atoms with Crippen LogP contribution in [-0.4, -0.2) is 47.7 Å². The number of likely N-dealkylation sites (tertiary alicyclic amines) is 1. The van der Waals surface area contributed by atoms with Crippen LogP contribution in [0, 0.1) is 17.8 Å². The first-order chi connectivity index (χ1) is 9.98. The van der Waals surface area contributed by atoms with Crippen molar-refractivity contribution in [3.05, 3.63) is 0 Å². The summed E-state index contributed by atoms with van der Waals surface area (Å²) in [5, 5.41) is 13.0. The molecular weight excluding hydrogens is 264 g/mol. The van der Waals surface area contributed by atoms with Gasteiger partial charge in [-0.25, -0.2) is 0 Å². The van der Waals surface area contributed by atoms with Crippen LogP contribution in [0.5, 0.6) is 0 Å². The van der Waals surface area contributed by atoms with E-state index in [9.17, 15) is 9.90 Å². The normalized spacial score (nSPS) is 37.8. The quantitative estimate of drug-likeness (QED) is 0.791. The molecule has 0 aromatic heterocycles. The Labute approximate surface area is 129 Å². The van der Waals surface area contributed by atoms with Crippen LogP contribution in [0.15, 0.2) is 0 Å². The van der Waals surface area contributed by atoms with E-state index >= 15 is 0 Å². The van der Waals surface area contributed by atoms with Crippen LogP contribution in [0.1, 0.15) is 52.9 Å². The second-order valence-electron chi connectivity index (χ2n) is 7.39. The molecule has 21 heavy (non-hydrogen) atoms. The Kier molecular flexibility index (Phi) is 5.67. The van der Waals surface area contributed by atoms with Crippen molar-refractivity contribution < 1.29 is 9.90 Å². The van der Waals surface area contributed by atoms with Crippen LogP contribution in [0.3, 0.4) is 0 Å². The third-order valence-electron chi connectivity index (χ3n) is 5.43. The summed E-state index contributed by atoms with van der Waals surface area (Å²) in [7, 11) is 0. The Balaban J connectivity index is 1.93. The predicted molar refractivity (Wildman–Crippen MR) is 85.4 cm³/mol. The molecule has 4 unspecified atom stereocenters. The number of aliphatic carboxylic acids is 1. The van der Waals surface area contributed by atoms with Crippen molar-refractivity contribution in [2.45, 2.75) is 58.4 Å². The number of carbonyl (C=O) groups is 1. The van der Waals surface area contributed by atoms with Gasteiger partial charge in [0.1, 0.15) is 5.54 Å². The molecule has 122 valence electrons. The maximum atomic E-state index is 11.8. The second-order valence-corrected chi connectivity index (χ2v) is 7.39. The first-order valence-electron chi connectivity index (χ1n) is 8.68. The fourth-order valence-corrected chi connectivity index (χ4v) is 4.69. The summed E-state index contributed by atoms with van der Waals surface area (Å²) in [4.78, 5) is 14.4. The lowest BCUT2D eigenvalue weighted by Gasteiger charge is -2.37. The number of carboxylic acid groups (broad SMARTS) is 1. The van der Waals surface area contributed by atoms with Crippen molar-refractivity contribution >= 4 is 5.97 Å². The topological polar surface area (TPSA) is 52.6 Å². The first kappa shape index (κ1) is 16.8. The molecule has 4 nitrogen and oxygen atoms in total. The molecule has 1 saturated carbocycles. The summed E-state index contributed by atoms with van der Waals surface area (Å²) in [6, 6.07) is 0. The Hall–Kier alpha value is -0.610. The molecule has 2 aliphatic rings. The highest BCUT2D eigenvalue weighted by Gasteiger charge is 2.48. The van der Waals surface area contributed by atoms with E-state index in [-0.39, 0.29) is 5.92 Å². The Morgan fingerprint density at radius 3 is 2.57 bits per heavy atom. The summed E-state index contributed by atoms with van der Waals surface area (Å²) < 4.78 is 0. The summed E-state index contributed by atoms with van der Waals surface area (Å²) in [6.45, 7) is 10.8. The van der Waals surface area contributed by atoms with Crippen molar-refractivity contribution in [3.63, 3.8) is 0 Å². The standard InChI is InChI=1S/C17H32N2O2/c1-4-18-17(16(20)21)8-5-6-15(17)7-9-19-11-13(2)10-14(3)12-19/h13-15,18H,4-12H2,1-3H3,(H,20,21). The number of nitrogens with zero attached hydrogens (tertiary/aromatic N) is 1. The van der Waals surface area contributed by atoms with E-state index in [0.717, 1.165) is 50.6 Å². The zero-order valence-electron chi connectivity index (χ0n) is 13.9. The van der Waals surface area contributed by atoms with E-state index < -0.39 is 11.5 Å². The molecule has 0 bridgehead atoms. The molecule has 1 heterocycles. The van der Waals surface area contributed by atoms with Gasteiger partial charge in [-0.15, -0.1) is 0 Å². The van der Waals surface area contributed by atoms with Gasteiger partial charge in [-0.3, -0.25) is 4.79 Å². The highest BCUT2D eigenvalue weighted by molar-refractivity contribution is 5.79. The number of carboxylic acids is 1. The minimum Gasteiger partial charge on any atom is -0.480 e. The number of likely N-dealkylation sites (N-methyl/N-ethyl adjacent to an activating group) is 1. The summed E-state index contributed by atoms with van der Waals surface area (Å²) >= 11 is 0. The molecule has 2 fully saturated rings. The largest absolute Gasteiger partial charge is 0.480 e. The van der Waals surface area contributed by atoms with Gasteiger partial charge >= 0.3 is 5.97 Å². The summed E-state index contributed by atoms with van der Waals surface area (Å²) in [5.74, 6) is 1.18. The van der Waals surface area contributed by atoms with Gasteiger partial charge in [-0.05, 0) is 56.5 Å². The number of hydrogen-bond acceptors (Lipinski definition) is 3. The van der Waals surface area contributed by atoms with Gasteiger partial charge in [0, 0.05) is 13.1 Å². The Morgan fingerprint density at radius 2 is 2.00 bits per heavy atom. The van der Waals surface area contributed by atoms with Crippen LogP contribution in [0.4, 0.5) is 0 Å². The lowest BCUT2D eigenvalue weighted by Crippen LogP contribution is -2.55. The van der Waals surface area contributed by atoms with E-state index in [1.165, 1.54) is 19.5 Å². The van der Waals surface area contributed by atoms with Crippen LogP contribution in [0.2, 0.25) is 0 Å². The number of piperidine rings is 1. The molecule has 0 spiro atoms. The summed E-state index contributed by atoms with van der Waals surface area (Å²) in [5.41, 5.74) is -0.665. The molecule has 2 N–H and O–H groups in total. The zero-order chi connectivity index (χ0) is 15.5. The fourth-order valence-electron chi connectivity index (χ4n) is 4.69. The predicted octanol–water partition coefficient (Wildman–Crippen LogP) is 2.59. The summed E-state index contributed by atoms with van der Waals surface area (Å²) in [6.07, 6.45) is 5.22. The van der Waals surface area contributed by atoms with Gasteiger partial charge in [0.05, 0.1) is 0 Å². The van der Waals surface area contributed by atoms with Crippen molar-refractivity contribution in [1.82, 2.24) is 10.2 Å². The molecule has 4 heteroatoms. The van der Waals surface area contributed by atoms with E-state index in [1.807, 2.05) is 6.92 Å². The molecule has 2 rings (SSSR count). The average molecular weight is 296 g/mol. The van der Waals surface area contributed by atoms with Crippen LogP contribution < -0.4 is 5.32 Å². The highest BCUT2D eigenvalue weighted by Crippen LogP contribution is 2.38. The van der Waals surface area contributed by atoms with Gasteiger partial charge in [0.2, 0.25) is 0 Å². The molecule has 1 saturated heterocycles. The monoisotopic (exact) mass is 296 g/mol. The zero-order valence-corrected chi connectivity index (χ0v) is 13.9. The van der Waals surface area contributed by atoms with E-state index in [4.69, 9.17) is 0 Å². The second kappa shape index (κ2) is 7.10. The van der Waals surface area contributed by atoms with E-state index in [2.05, 4.69) is 24.1 Å². The lowest BCUT2D eigenvalue weighted by molar-refractivity contribution is -0.146. The number of nitrogens with one attached hydrogen (secondary N) is 1. The maximum Gasteiger partial charge on any atom is 0.324 e. The molecule has 0 amide bonds. The van der Waals surface area contributed by atoms with Gasteiger partial charge in [0.15, 0.2) is 0 Å². The highest BCUT2D eigenvalue weighted by atomic mass is 16.4. The molecule has 0 radical (unpaired) electrons. The Bertz CT molecular complexity index is 351. The third-order valence-corrected chi connectivity index (χ3v) is 5.43. The maximum absolute atomic E-state index is 11.8. The molecule has 0 aromatic carbocycles. The molecule has 1 aliphatic heterocycles. The number of hydrogen-bond donors (Lipinski definition) is 2. The van der Waals surface area contributed by atoms with Gasteiger partial charge in [-0.1, -0.05) is 27.2 Å². The third kappa shape index (κ3) is 3.78. The van der Waals surface area contributed by atoms with Crippen LogP contribution in [-0.2, 0) is 4.79 Å². The van der Waals surface area contributed by atoms with Crippen molar-refractivity contribution in [1.29, 1.82) is 0 Å². The fraction of sp³-hybridized carbons (Fsp3) is 0.941. The smallest absolute Gasteiger partial charge is 0.324 e. The molecule has 4 atom stereocenters. The van der Waals surface area contributed by atoms with E-state index in [1.54, 1.807) is 0 Å². The van der Waals surface area contributed by atoms with Crippen molar-refractivity contribution in [3.8, 4) is 0 Å². The van der Waals surface area contributed by atoms with Crippen LogP contribution >= 0.6 is 0 Å². The molecule has 0 aromatic rings. The Morgan fingerprint density at radius 1 is 1.33 bits per heavy atom. The van der Waals surface area contributed by atoms with E-state index in [0.29, 0.717) is 0 Å². The molecule has 1 aliphatic carbocycles. The minimum atomic E-state index is -0.665. The SMILES string of the molecule is CCNC1(C(=O)O)CCCC1CCN1CC(C)CC(C)C1. The number of rotatable bonds is 6. The molecular formula is C17H32N2O2. The van der Waals surface area contributed by atoms with Gasteiger partial charge < -0.3 is 15.3 Å². The van der Waals surface area contributed by atoms with Crippen molar-refractivity contribution in [2.75, 3.05) is 26.2 Å². The lowest BCUT2D eigenvalue weighted by atomic mass is 9.84. The minimum absolute atomic E-state index is 0.280. The average Bonchev–Trinajstić information content (AvgIpc) is 2.80. The van der Waals surface area contributed by atoms with Crippen LogP contribution in [0.25, 0.3) is 0 Å².